The molecule has 1 radical (unpaired) electrons. The maximum Gasteiger partial charge on any atom is 0.254 e. The van der Waals surface area contributed by atoms with Crippen molar-refractivity contribution in [2.45, 2.75) is 6.43 Å². The predicted molar refractivity (Wildman–Crippen MR) is 50.2 cm³/mol. The first-order chi connectivity index (χ1) is 6.91. The number of carboxylic acid groups (broad SMARTS) is 1. The molecule has 0 atom stereocenters. The number of halogens is 3. The zero-order chi connectivity index (χ0) is 11.6. The molecule has 0 unspecified atom stereocenters. The summed E-state index contributed by atoms with van der Waals surface area (Å²) in [6, 6.07) is 0. The van der Waals surface area contributed by atoms with Crippen LogP contribution < -0.4 is 0 Å². The summed E-state index contributed by atoms with van der Waals surface area (Å²) in [6.07, 6.45) is 0.775. The number of rotatable bonds is 3. The third kappa shape index (κ3) is 3.96. The first-order valence-corrected chi connectivity index (χ1v) is 4.28. The van der Waals surface area contributed by atoms with E-state index in [0.29, 0.717) is 0 Å². The molecule has 1 aliphatic rings. The smallest absolute Gasteiger partial charge is 0.254 e. The van der Waals surface area contributed by atoms with Crippen molar-refractivity contribution in [3.8, 4) is 0 Å². The van der Waals surface area contributed by atoms with E-state index < -0.39 is 18.9 Å². The Kier molecular flexibility index (Phi) is 6.37. The molecule has 1 aliphatic heterocycles. The van der Waals surface area contributed by atoms with Gasteiger partial charge in [-0.05, 0) is 16.3 Å². The van der Waals surface area contributed by atoms with Crippen LogP contribution in [0.4, 0.5) is 8.78 Å². The number of carboxylic acids is 1. The SMILES string of the molecule is C=C1C(Cl)=CC(C(=O)O)=[C-]N1CC(F)F.[Y]. The molecule has 0 amide bonds. The van der Waals surface area contributed by atoms with Gasteiger partial charge >= 0.3 is 0 Å². The van der Waals surface area contributed by atoms with Crippen LogP contribution in [0.25, 0.3) is 0 Å². The maximum atomic E-state index is 12.1. The monoisotopic (exact) mass is 323 g/mol. The van der Waals surface area contributed by atoms with Crippen LogP contribution in [0.1, 0.15) is 0 Å². The van der Waals surface area contributed by atoms with Gasteiger partial charge in [0, 0.05) is 32.7 Å². The third-order valence-corrected chi connectivity index (χ3v) is 2.01. The Hall–Kier alpha value is -0.256. The number of nitrogens with zero attached hydrogens (tertiary/aromatic N) is 1. The van der Waals surface area contributed by atoms with Gasteiger partial charge in [0.1, 0.15) is 0 Å². The van der Waals surface area contributed by atoms with E-state index in [9.17, 15) is 13.6 Å². The van der Waals surface area contributed by atoms with Crippen molar-refractivity contribution in [1.82, 2.24) is 4.90 Å². The molecule has 1 rings (SSSR count). The molecule has 0 aliphatic carbocycles. The van der Waals surface area contributed by atoms with Gasteiger partial charge in [0.15, 0.2) is 0 Å². The molecule has 0 aromatic carbocycles. The Morgan fingerprint density at radius 2 is 2.25 bits per heavy atom. The fourth-order valence-electron chi connectivity index (χ4n) is 0.988. The first-order valence-electron chi connectivity index (χ1n) is 3.91. The topological polar surface area (TPSA) is 40.5 Å². The first kappa shape index (κ1) is 15.7. The number of alkyl halides is 2. The van der Waals surface area contributed by atoms with Crippen molar-refractivity contribution < 1.29 is 51.4 Å². The summed E-state index contributed by atoms with van der Waals surface area (Å²) in [5, 5.41) is 8.67. The number of allylic oxidation sites excluding steroid dienone is 1. The standard InChI is InChI=1S/C9H7ClF2NO2.Y/c1-5-7(10)2-6(9(14)15)3-13(5)4-8(11)12;/h2,8H,1,4H2,(H,14,15);/q-1;. The van der Waals surface area contributed by atoms with E-state index >= 15 is 0 Å². The fourth-order valence-corrected chi connectivity index (χ4v) is 1.20. The molecule has 0 spiro atoms. The van der Waals surface area contributed by atoms with Gasteiger partial charge in [-0.15, -0.1) is 24.3 Å². The molecule has 0 saturated heterocycles. The molecular weight excluding hydrogens is 316 g/mol. The van der Waals surface area contributed by atoms with Crippen LogP contribution in [0, 0.1) is 6.20 Å². The molecule has 0 saturated carbocycles. The fraction of sp³-hybridized carbons (Fsp3) is 0.222. The minimum Gasteiger partial charge on any atom is -0.521 e. The molecule has 7 heteroatoms. The van der Waals surface area contributed by atoms with Gasteiger partial charge in [0.05, 0.1) is 6.54 Å². The Labute approximate surface area is 121 Å². The second kappa shape index (κ2) is 6.47. The summed E-state index contributed by atoms with van der Waals surface area (Å²) in [5.74, 6) is -1.28. The Morgan fingerprint density at radius 3 is 2.69 bits per heavy atom. The van der Waals surface area contributed by atoms with E-state index in [-0.39, 0.29) is 49.0 Å². The molecule has 0 fully saturated rings. The second-order valence-corrected chi connectivity index (χ2v) is 3.18. The van der Waals surface area contributed by atoms with Crippen LogP contribution in [0.5, 0.6) is 0 Å². The van der Waals surface area contributed by atoms with Crippen molar-refractivity contribution in [3.05, 3.63) is 35.2 Å². The molecule has 16 heavy (non-hydrogen) atoms. The van der Waals surface area contributed by atoms with Gasteiger partial charge in [-0.1, -0.05) is 6.20 Å². The normalized spacial score (nSPS) is 15.5. The second-order valence-electron chi connectivity index (χ2n) is 2.77. The summed E-state index contributed by atoms with van der Waals surface area (Å²) >= 11 is 5.63. The summed E-state index contributed by atoms with van der Waals surface area (Å²) in [7, 11) is 0. The van der Waals surface area contributed by atoms with Crippen molar-refractivity contribution in [2.24, 2.45) is 0 Å². The van der Waals surface area contributed by atoms with Crippen LogP contribution in [-0.4, -0.2) is 28.9 Å². The molecular formula is C9H7ClF2NO2Y-. The zero-order valence-electron chi connectivity index (χ0n) is 8.08. The quantitative estimate of drug-likeness (QED) is 0.807. The predicted octanol–water partition coefficient (Wildman–Crippen LogP) is 1.97. The number of hydrogen-bond acceptors (Lipinski definition) is 2. The van der Waals surface area contributed by atoms with Crippen molar-refractivity contribution in [1.29, 1.82) is 0 Å². The largest absolute Gasteiger partial charge is 0.521 e. The maximum absolute atomic E-state index is 12.1. The van der Waals surface area contributed by atoms with Crippen LogP contribution >= 0.6 is 11.6 Å². The summed E-state index contributed by atoms with van der Waals surface area (Å²) in [4.78, 5) is 11.5. The van der Waals surface area contributed by atoms with Gasteiger partial charge in [-0.2, -0.15) is 0 Å². The number of hydrogen-bond donors (Lipinski definition) is 1. The molecule has 0 bridgehead atoms. The van der Waals surface area contributed by atoms with E-state index in [0.717, 1.165) is 11.0 Å². The number of carbonyl (C=O) groups is 1. The molecule has 1 heterocycles. The number of aliphatic carboxylic acids is 1. The average molecular weight is 324 g/mol. The average Bonchev–Trinajstić information content (AvgIpc) is 2.11. The van der Waals surface area contributed by atoms with Crippen molar-refractivity contribution in [2.75, 3.05) is 6.54 Å². The Balaban J connectivity index is 0.00000225. The van der Waals surface area contributed by atoms with Gasteiger partial charge in [-0.3, -0.25) is 0 Å². The van der Waals surface area contributed by atoms with Crippen LogP contribution in [0.3, 0.4) is 0 Å². The van der Waals surface area contributed by atoms with Gasteiger partial charge < -0.3 is 14.8 Å². The van der Waals surface area contributed by atoms with Gasteiger partial charge in [0.25, 0.3) is 6.43 Å². The molecule has 1 N–H and O–H groups in total. The van der Waals surface area contributed by atoms with Gasteiger partial charge in [0.2, 0.25) is 5.97 Å². The Morgan fingerprint density at radius 1 is 1.69 bits per heavy atom. The molecule has 3 nitrogen and oxygen atoms in total. The van der Waals surface area contributed by atoms with Crippen LogP contribution in [-0.2, 0) is 37.5 Å². The molecule has 0 aromatic heterocycles. The zero-order valence-corrected chi connectivity index (χ0v) is 11.7. The summed E-state index contributed by atoms with van der Waals surface area (Å²) in [6.45, 7) is 2.77. The Bertz CT molecular complexity index is 369. The van der Waals surface area contributed by atoms with Crippen LogP contribution in [0.2, 0.25) is 0 Å². The van der Waals surface area contributed by atoms with E-state index in [2.05, 4.69) is 12.8 Å². The molecule has 0 aromatic rings. The summed E-state index contributed by atoms with van der Waals surface area (Å²) in [5.41, 5.74) is -0.157. The van der Waals surface area contributed by atoms with E-state index in [1.54, 1.807) is 0 Å². The minimum absolute atomic E-state index is 0. The van der Waals surface area contributed by atoms with Gasteiger partial charge in [-0.25, -0.2) is 8.78 Å². The van der Waals surface area contributed by atoms with Crippen molar-refractivity contribution >= 4 is 17.6 Å². The molecule has 85 valence electrons. The van der Waals surface area contributed by atoms with Crippen LogP contribution in [0.15, 0.2) is 29.0 Å². The van der Waals surface area contributed by atoms with Crippen molar-refractivity contribution in [3.63, 3.8) is 0 Å². The van der Waals surface area contributed by atoms with E-state index in [4.69, 9.17) is 16.7 Å². The minimum atomic E-state index is -2.62. The summed E-state index contributed by atoms with van der Waals surface area (Å²) < 4.78 is 24.2. The van der Waals surface area contributed by atoms with E-state index in [1.165, 1.54) is 0 Å². The third-order valence-electron chi connectivity index (χ3n) is 1.68. The van der Waals surface area contributed by atoms with E-state index in [1.807, 2.05) is 0 Å².